The molecule has 1 fully saturated rings. The number of nitrogens with zero attached hydrogens (tertiary/aromatic N) is 3. The second-order valence-electron chi connectivity index (χ2n) is 6.58. The first-order valence-electron chi connectivity index (χ1n) is 8.90. The van der Waals surface area contributed by atoms with Gasteiger partial charge in [0.15, 0.2) is 0 Å². The number of hydrogen-bond acceptors (Lipinski definition) is 5. The summed E-state index contributed by atoms with van der Waals surface area (Å²) in [4.78, 5) is 43.2. The quantitative estimate of drug-likeness (QED) is 0.775. The number of aromatic nitrogens is 2. The number of hydrogen-bond donors (Lipinski definition) is 0. The van der Waals surface area contributed by atoms with Crippen LogP contribution in [0.3, 0.4) is 0 Å². The number of piperidine rings is 1. The predicted octanol–water partition coefficient (Wildman–Crippen LogP) is 1.51. The summed E-state index contributed by atoms with van der Waals surface area (Å²) in [5.74, 6) is -0.735. The zero-order valence-electron chi connectivity index (χ0n) is 15.1. The highest BCUT2D eigenvalue weighted by molar-refractivity contribution is 5.81. The minimum absolute atomic E-state index is 0.0781. The molecule has 7 heteroatoms. The molecule has 0 aliphatic carbocycles. The van der Waals surface area contributed by atoms with Crippen LogP contribution in [-0.4, -0.2) is 46.0 Å². The third-order valence-corrected chi connectivity index (χ3v) is 4.75. The van der Waals surface area contributed by atoms with Crippen LogP contribution < -0.4 is 5.56 Å². The van der Waals surface area contributed by atoms with Crippen LogP contribution in [-0.2, 0) is 20.9 Å². The van der Waals surface area contributed by atoms with E-state index in [4.69, 9.17) is 4.74 Å². The molecule has 0 bridgehead atoms. The van der Waals surface area contributed by atoms with E-state index in [2.05, 4.69) is 4.98 Å². The van der Waals surface area contributed by atoms with E-state index >= 15 is 0 Å². The van der Waals surface area contributed by atoms with E-state index in [-0.39, 0.29) is 29.9 Å². The van der Waals surface area contributed by atoms with E-state index in [1.54, 1.807) is 17.9 Å². The Bertz CT molecular complexity index is 890. The lowest BCUT2D eigenvalue weighted by Gasteiger charge is -2.31. The van der Waals surface area contributed by atoms with Gasteiger partial charge in [0, 0.05) is 13.1 Å². The molecule has 1 aliphatic rings. The zero-order chi connectivity index (χ0) is 18.7. The van der Waals surface area contributed by atoms with Crippen LogP contribution in [0.1, 0.15) is 25.3 Å². The van der Waals surface area contributed by atoms with Crippen LogP contribution in [0.5, 0.6) is 0 Å². The lowest BCUT2D eigenvalue weighted by molar-refractivity contribution is -0.151. The molecule has 26 heavy (non-hydrogen) atoms. The number of fused-ring (bicyclic) bond motifs is 1. The number of likely N-dealkylation sites (tertiary alicyclic amines) is 1. The lowest BCUT2D eigenvalue weighted by Crippen LogP contribution is -2.45. The molecule has 2 heterocycles. The first kappa shape index (κ1) is 18.1. The van der Waals surface area contributed by atoms with Crippen molar-refractivity contribution in [3.05, 3.63) is 40.4 Å². The van der Waals surface area contributed by atoms with E-state index in [9.17, 15) is 14.4 Å². The van der Waals surface area contributed by atoms with Gasteiger partial charge in [-0.15, -0.1) is 0 Å². The number of para-hydroxylation sites is 1. The van der Waals surface area contributed by atoms with Crippen molar-refractivity contribution >= 4 is 22.8 Å². The highest BCUT2D eigenvalue weighted by atomic mass is 16.5. The number of amides is 1. The van der Waals surface area contributed by atoms with Crippen molar-refractivity contribution in [2.75, 3.05) is 19.7 Å². The zero-order valence-corrected chi connectivity index (χ0v) is 15.1. The minimum Gasteiger partial charge on any atom is -0.466 e. The first-order chi connectivity index (χ1) is 12.5. The molecule has 0 saturated carbocycles. The van der Waals surface area contributed by atoms with Crippen molar-refractivity contribution in [1.29, 1.82) is 0 Å². The van der Waals surface area contributed by atoms with E-state index in [0.717, 1.165) is 18.4 Å². The van der Waals surface area contributed by atoms with E-state index in [1.165, 1.54) is 10.9 Å². The maximum atomic E-state index is 12.6. The number of esters is 1. The molecule has 1 atom stereocenters. The molecular weight excluding hydrogens is 334 g/mol. The lowest BCUT2D eigenvalue weighted by atomic mass is 9.98. The van der Waals surface area contributed by atoms with Gasteiger partial charge >= 0.3 is 5.97 Å². The summed E-state index contributed by atoms with van der Waals surface area (Å²) in [7, 11) is 0. The molecule has 7 nitrogen and oxygen atoms in total. The summed E-state index contributed by atoms with van der Waals surface area (Å²) in [6.45, 7) is 4.85. The van der Waals surface area contributed by atoms with Crippen LogP contribution in [0.4, 0.5) is 0 Å². The summed E-state index contributed by atoms with van der Waals surface area (Å²) >= 11 is 0. The molecule has 2 aromatic rings. The Kier molecular flexibility index (Phi) is 5.35. The van der Waals surface area contributed by atoms with Crippen molar-refractivity contribution < 1.29 is 14.3 Å². The van der Waals surface area contributed by atoms with Crippen molar-refractivity contribution in [1.82, 2.24) is 14.5 Å². The summed E-state index contributed by atoms with van der Waals surface area (Å²) in [6.07, 6.45) is 2.89. The maximum Gasteiger partial charge on any atom is 0.310 e. The Balaban J connectivity index is 1.76. The minimum atomic E-state index is -0.290. The Labute approximate surface area is 151 Å². The smallest absolute Gasteiger partial charge is 0.310 e. The molecule has 1 amide bonds. The van der Waals surface area contributed by atoms with Gasteiger partial charge in [-0.1, -0.05) is 12.1 Å². The van der Waals surface area contributed by atoms with Gasteiger partial charge in [-0.25, -0.2) is 4.98 Å². The second-order valence-corrected chi connectivity index (χ2v) is 6.58. The van der Waals surface area contributed by atoms with Gasteiger partial charge in [0.2, 0.25) is 5.91 Å². The molecule has 0 spiro atoms. The summed E-state index contributed by atoms with van der Waals surface area (Å²) in [6, 6.07) is 5.42. The van der Waals surface area contributed by atoms with Gasteiger partial charge in [0.1, 0.15) is 6.54 Å². The topological polar surface area (TPSA) is 81.5 Å². The fraction of sp³-hybridized carbons (Fsp3) is 0.474. The summed E-state index contributed by atoms with van der Waals surface area (Å²) < 4.78 is 6.40. The van der Waals surface area contributed by atoms with Crippen LogP contribution in [0.15, 0.2) is 29.3 Å². The fourth-order valence-corrected chi connectivity index (χ4v) is 3.35. The highest BCUT2D eigenvalue weighted by Gasteiger charge is 2.29. The Hall–Kier alpha value is -2.70. The van der Waals surface area contributed by atoms with Gasteiger partial charge in [0.05, 0.1) is 29.8 Å². The standard InChI is InChI=1S/C19H23N3O4/c1-3-26-19(25)14-7-5-9-21(10-14)16(23)11-22-12-20-17-13(2)6-4-8-15(17)18(22)24/h4,6,8,12,14H,3,5,7,9-11H2,1-2H3/t14-/m0/s1. The van der Waals surface area contributed by atoms with Crippen molar-refractivity contribution in [3.63, 3.8) is 0 Å². The van der Waals surface area contributed by atoms with Crippen molar-refractivity contribution in [2.24, 2.45) is 5.92 Å². The second kappa shape index (κ2) is 7.68. The molecule has 1 aromatic heterocycles. The molecule has 0 unspecified atom stereocenters. The number of benzene rings is 1. The molecule has 138 valence electrons. The van der Waals surface area contributed by atoms with Crippen LogP contribution in [0.2, 0.25) is 0 Å². The molecule has 0 radical (unpaired) electrons. The number of rotatable bonds is 4. The van der Waals surface area contributed by atoms with Crippen LogP contribution in [0.25, 0.3) is 10.9 Å². The van der Waals surface area contributed by atoms with Gasteiger partial charge in [-0.3, -0.25) is 19.0 Å². The Morgan fingerprint density at radius 3 is 2.92 bits per heavy atom. The summed E-state index contributed by atoms with van der Waals surface area (Å²) in [5.41, 5.74) is 1.35. The van der Waals surface area contributed by atoms with Crippen LogP contribution >= 0.6 is 0 Å². The van der Waals surface area contributed by atoms with Gasteiger partial charge in [-0.2, -0.15) is 0 Å². The van der Waals surface area contributed by atoms with Gasteiger partial charge in [0.25, 0.3) is 5.56 Å². The van der Waals surface area contributed by atoms with Gasteiger partial charge in [-0.05, 0) is 38.3 Å². The van der Waals surface area contributed by atoms with Gasteiger partial charge < -0.3 is 9.64 Å². The van der Waals surface area contributed by atoms with E-state index in [1.807, 2.05) is 19.1 Å². The maximum absolute atomic E-state index is 12.6. The third kappa shape index (κ3) is 3.61. The number of aryl methyl sites for hydroxylation is 1. The third-order valence-electron chi connectivity index (χ3n) is 4.75. The van der Waals surface area contributed by atoms with E-state index < -0.39 is 0 Å². The Morgan fingerprint density at radius 2 is 2.15 bits per heavy atom. The summed E-state index contributed by atoms with van der Waals surface area (Å²) in [5, 5.41) is 0.503. The number of ether oxygens (including phenoxy) is 1. The normalized spacial score (nSPS) is 17.3. The molecule has 3 rings (SSSR count). The molecule has 0 N–H and O–H groups in total. The first-order valence-corrected chi connectivity index (χ1v) is 8.90. The molecule has 1 aliphatic heterocycles. The van der Waals surface area contributed by atoms with Crippen molar-refractivity contribution in [3.8, 4) is 0 Å². The SMILES string of the molecule is CCOC(=O)[C@H]1CCCN(C(=O)Cn2cnc3c(C)cccc3c2=O)C1. The largest absolute Gasteiger partial charge is 0.466 e. The highest BCUT2D eigenvalue weighted by Crippen LogP contribution is 2.18. The number of carbonyl (C=O) groups is 2. The fourth-order valence-electron chi connectivity index (χ4n) is 3.35. The number of carbonyl (C=O) groups excluding carboxylic acids is 2. The average molecular weight is 357 g/mol. The molecule has 1 aromatic carbocycles. The van der Waals surface area contributed by atoms with E-state index in [0.29, 0.717) is 30.6 Å². The van der Waals surface area contributed by atoms with Crippen molar-refractivity contribution in [2.45, 2.75) is 33.2 Å². The predicted molar refractivity (Wildman–Crippen MR) is 96.7 cm³/mol. The average Bonchev–Trinajstić information content (AvgIpc) is 2.65. The molecule has 1 saturated heterocycles. The van der Waals surface area contributed by atoms with Crippen LogP contribution in [0, 0.1) is 12.8 Å². The molecular formula is C19H23N3O4. The monoisotopic (exact) mass is 357 g/mol. The Morgan fingerprint density at radius 1 is 1.35 bits per heavy atom.